The van der Waals surface area contributed by atoms with Gasteiger partial charge < -0.3 is 14.4 Å². The fourth-order valence-corrected chi connectivity index (χ4v) is 2.13. The van der Waals surface area contributed by atoms with Crippen molar-refractivity contribution in [3.63, 3.8) is 0 Å². The Kier molecular flexibility index (Phi) is 7.65. The van der Waals surface area contributed by atoms with Gasteiger partial charge in [-0.1, -0.05) is 11.6 Å². The third kappa shape index (κ3) is 6.81. The number of hydrazine groups is 1. The molecule has 2 aromatic carbocycles. The SMILES string of the molecule is CN(C)c1ccc(C(=O)OCC(=O)NNC(=O)COc2ccc(Cl)cc2)cc1. The summed E-state index contributed by atoms with van der Waals surface area (Å²) in [5.74, 6) is -1.44. The van der Waals surface area contributed by atoms with Crippen LogP contribution in [0.4, 0.5) is 5.69 Å². The molecular formula is C19H20ClN3O5. The van der Waals surface area contributed by atoms with E-state index >= 15 is 0 Å². The molecule has 0 aromatic heterocycles. The molecule has 0 atom stereocenters. The monoisotopic (exact) mass is 405 g/mol. The molecule has 148 valence electrons. The Morgan fingerprint density at radius 2 is 1.46 bits per heavy atom. The molecule has 2 aromatic rings. The fourth-order valence-electron chi connectivity index (χ4n) is 2.00. The molecule has 0 aliphatic rings. The predicted octanol–water partition coefficient (Wildman–Crippen LogP) is 1.79. The van der Waals surface area contributed by atoms with E-state index in [0.717, 1.165) is 5.69 Å². The summed E-state index contributed by atoms with van der Waals surface area (Å²) in [5, 5.41) is 0.548. The van der Waals surface area contributed by atoms with Gasteiger partial charge in [0.25, 0.3) is 11.8 Å². The number of hydrogen-bond acceptors (Lipinski definition) is 6. The van der Waals surface area contributed by atoms with E-state index in [1.807, 2.05) is 19.0 Å². The van der Waals surface area contributed by atoms with Gasteiger partial charge in [-0.3, -0.25) is 20.4 Å². The van der Waals surface area contributed by atoms with E-state index in [-0.39, 0.29) is 6.61 Å². The average molecular weight is 406 g/mol. The molecule has 2 N–H and O–H groups in total. The van der Waals surface area contributed by atoms with Crippen LogP contribution in [0.2, 0.25) is 5.02 Å². The number of halogens is 1. The van der Waals surface area contributed by atoms with Crippen LogP contribution in [0.25, 0.3) is 0 Å². The molecule has 0 bridgehead atoms. The average Bonchev–Trinajstić information content (AvgIpc) is 2.70. The first-order chi connectivity index (χ1) is 13.3. The zero-order valence-electron chi connectivity index (χ0n) is 15.4. The van der Waals surface area contributed by atoms with Crippen LogP contribution < -0.4 is 20.5 Å². The number of ether oxygens (including phenoxy) is 2. The van der Waals surface area contributed by atoms with E-state index in [2.05, 4.69) is 10.9 Å². The van der Waals surface area contributed by atoms with Crippen molar-refractivity contribution >= 4 is 35.1 Å². The van der Waals surface area contributed by atoms with Crippen molar-refractivity contribution in [1.82, 2.24) is 10.9 Å². The zero-order valence-corrected chi connectivity index (χ0v) is 16.2. The number of carbonyl (C=O) groups is 3. The van der Waals surface area contributed by atoms with Crippen LogP contribution in [0, 0.1) is 0 Å². The lowest BCUT2D eigenvalue weighted by Crippen LogP contribution is -2.45. The number of anilines is 1. The topological polar surface area (TPSA) is 97.0 Å². The highest BCUT2D eigenvalue weighted by atomic mass is 35.5. The van der Waals surface area contributed by atoms with Crippen LogP contribution >= 0.6 is 11.6 Å². The third-order valence-electron chi connectivity index (χ3n) is 3.48. The Morgan fingerprint density at radius 3 is 2.04 bits per heavy atom. The quantitative estimate of drug-likeness (QED) is 0.538. The van der Waals surface area contributed by atoms with Gasteiger partial charge in [0.15, 0.2) is 13.2 Å². The van der Waals surface area contributed by atoms with E-state index in [9.17, 15) is 14.4 Å². The Balaban J connectivity index is 1.68. The minimum absolute atomic E-state index is 0.306. The van der Waals surface area contributed by atoms with Gasteiger partial charge in [-0.05, 0) is 48.5 Å². The molecule has 0 saturated carbocycles. The molecule has 2 amide bonds. The van der Waals surface area contributed by atoms with Crippen LogP contribution in [0.15, 0.2) is 48.5 Å². The van der Waals surface area contributed by atoms with Crippen molar-refractivity contribution in [3.05, 3.63) is 59.1 Å². The summed E-state index contributed by atoms with van der Waals surface area (Å²) in [6.07, 6.45) is 0. The highest BCUT2D eigenvalue weighted by Crippen LogP contribution is 2.15. The number of carbonyl (C=O) groups excluding carboxylic acids is 3. The van der Waals surface area contributed by atoms with Crippen LogP contribution in [0.5, 0.6) is 5.75 Å². The van der Waals surface area contributed by atoms with Crippen LogP contribution in [0.3, 0.4) is 0 Å². The second kappa shape index (κ2) is 10.2. The van der Waals surface area contributed by atoms with E-state index in [4.69, 9.17) is 21.1 Å². The van der Waals surface area contributed by atoms with Gasteiger partial charge in [0.05, 0.1) is 5.56 Å². The van der Waals surface area contributed by atoms with Gasteiger partial charge in [0.1, 0.15) is 5.75 Å². The van der Waals surface area contributed by atoms with E-state index in [1.54, 1.807) is 48.5 Å². The summed E-state index contributed by atoms with van der Waals surface area (Å²) < 4.78 is 10.1. The highest BCUT2D eigenvalue weighted by Gasteiger charge is 2.11. The maximum Gasteiger partial charge on any atom is 0.338 e. The second-order valence-electron chi connectivity index (χ2n) is 5.86. The Bertz CT molecular complexity index is 822. The lowest BCUT2D eigenvalue weighted by molar-refractivity contribution is -0.131. The summed E-state index contributed by atoms with van der Waals surface area (Å²) in [7, 11) is 3.76. The minimum Gasteiger partial charge on any atom is -0.484 e. The molecule has 0 heterocycles. The van der Waals surface area contributed by atoms with Gasteiger partial charge >= 0.3 is 5.97 Å². The first kappa shape index (κ1) is 21.0. The van der Waals surface area contributed by atoms with E-state index < -0.39 is 24.4 Å². The van der Waals surface area contributed by atoms with Crippen molar-refractivity contribution in [2.45, 2.75) is 0 Å². The molecule has 8 nitrogen and oxygen atoms in total. The molecule has 0 saturated heterocycles. The Labute approximate surface area is 167 Å². The first-order valence-corrected chi connectivity index (χ1v) is 8.63. The molecule has 9 heteroatoms. The predicted molar refractivity (Wildman–Crippen MR) is 104 cm³/mol. The van der Waals surface area contributed by atoms with Gasteiger partial charge in [-0.2, -0.15) is 0 Å². The number of amides is 2. The largest absolute Gasteiger partial charge is 0.484 e. The number of nitrogens with zero attached hydrogens (tertiary/aromatic N) is 1. The smallest absolute Gasteiger partial charge is 0.338 e. The molecule has 0 unspecified atom stereocenters. The standard InChI is InChI=1S/C19H20ClN3O5/c1-23(2)15-7-3-13(4-8-15)19(26)28-12-18(25)22-21-17(24)11-27-16-9-5-14(20)6-10-16/h3-10H,11-12H2,1-2H3,(H,21,24)(H,22,25). The molecule has 0 radical (unpaired) electrons. The van der Waals surface area contributed by atoms with Gasteiger partial charge in [0.2, 0.25) is 0 Å². The second-order valence-corrected chi connectivity index (χ2v) is 6.29. The lowest BCUT2D eigenvalue weighted by atomic mass is 10.2. The maximum absolute atomic E-state index is 11.9. The molecule has 28 heavy (non-hydrogen) atoms. The van der Waals surface area contributed by atoms with Crippen molar-refractivity contribution in [1.29, 1.82) is 0 Å². The minimum atomic E-state index is -0.682. The van der Waals surface area contributed by atoms with Gasteiger partial charge in [-0.25, -0.2) is 4.79 Å². The number of benzene rings is 2. The number of hydrogen-bond donors (Lipinski definition) is 2. The normalized spacial score (nSPS) is 9.96. The van der Waals surface area contributed by atoms with Crippen LogP contribution in [-0.4, -0.2) is 45.1 Å². The third-order valence-corrected chi connectivity index (χ3v) is 3.73. The number of nitrogens with one attached hydrogen (secondary N) is 2. The molecule has 2 rings (SSSR count). The van der Waals surface area contributed by atoms with E-state index in [1.165, 1.54) is 0 Å². The van der Waals surface area contributed by atoms with Crippen molar-refractivity contribution in [2.75, 3.05) is 32.2 Å². The van der Waals surface area contributed by atoms with Crippen molar-refractivity contribution in [3.8, 4) is 5.75 Å². The van der Waals surface area contributed by atoms with Crippen LogP contribution in [-0.2, 0) is 14.3 Å². The van der Waals surface area contributed by atoms with Gasteiger partial charge in [0, 0.05) is 24.8 Å². The summed E-state index contributed by atoms with van der Waals surface area (Å²) in [6, 6.07) is 13.2. The molecule has 0 aliphatic carbocycles. The summed E-state index contributed by atoms with van der Waals surface area (Å²) >= 11 is 5.75. The first-order valence-electron chi connectivity index (χ1n) is 8.25. The summed E-state index contributed by atoms with van der Waals surface area (Å²) in [4.78, 5) is 37.1. The summed E-state index contributed by atoms with van der Waals surface area (Å²) in [5.41, 5.74) is 5.54. The Hall–Kier alpha value is -3.26. The number of rotatable bonds is 7. The summed E-state index contributed by atoms with van der Waals surface area (Å²) in [6.45, 7) is -0.841. The molecular weight excluding hydrogens is 386 g/mol. The fraction of sp³-hybridized carbons (Fsp3) is 0.211. The van der Waals surface area contributed by atoms with E-state index in [0.29, 0.717) is 16.3 Å². The van der Waals surface area contributed by atoms with Crippen LogP contribution in [0.1, 0.15) is 10.4 Å². The Morgan fingerprint density at radius 1 is 0.893 bits per heavy atom. The molecule has 0 spiro atoms. The number of esters is 1. The molecule has 0 aliphatic heterocycles. The van der Waals surface area contributed by atoms with Crippen molar-refractivity contribution in [2.24, 2.45) is 0 Å². The zero-order chi connectivity index (χ0) is 20.5. The van der Waals surface area contributed by atoms with Crippen molar-refractivity contribution < 1.29 is 23.9 Å². The van der Waals surface area contributed by atoms with Gasteiger partial charge in [-0.15, -0.1) is 0 Å². The lowest BCUT2D eigenvalue weighted by Gasteiger charge is -2.12. The molecule has 0 fully saturated rings. The highest BCUT2D eigenvalue weighted by molar-refractivity contribution is 6.30. The maximum atomic E-state index is 11.9.